The van der Waals surface area contributed by atoms with Crippen molar-refractivity contribution in [3.05, 3.63) is 82.4 Å². The number of carbonyl (C=O) groups is 1. The molecule has 0 spiro atoms. The molecule has 166 valence electrons. The number of nitro groups is 1. The Bertz CT molecular complexity index is 1020. The minimum Gasteiger partial charge on any atom is -0.396 e. The molecule has 0 saturated heterocycles. The second-order valence-corrected chi connectivity index (χ2v) is 8.22. The van der Waals surface area contributed by atoms with Crippen LogP contribution in [0.3, 0.4) is 0 Å². The highest BCUT2D eigenvalue weighted by atomic mass is 32.2. The first-order valence-corrected chi connectivity index (χ1v) is 10.7. The van der Waals surface area contributed by atoms with Gasteiger partial charge in [-0.2, -0.15) is 0 Å². The van der Waals surface area contributed by atoms with Gasteiger partial charge in [0.15, 0.2) is 0 Å². The number of carbonyl (C=O) groups excluding carboxylic acids is 1. The molecule has 0 saturated carbocycles. The molecule has 0 bridgehead atoms. The molecule has 0 unspecified atom stereocenters. The number of non-ortho nitro benzene ring substituents is 1. The van der Waals surface area contributed by atoms with E-state index in [4.69, 9.17) is 4.84 Å². The summed E-state index contributed by atoms with van der Waals surface area (Å²) >= 11 is 0. The summed E-state index contributed by atoms with van der Waals surface area (Å²) in [6.45, 7) is 3.31. The van der Waals surface area contributed by atoms with Gasteiger partial charge in [0.05, 0.1) is 9.82 Å². The van der Waals surface area contributed by atoms with Crippen LogP contribution in [0, 0.1) is 16.0 Å². The maximum Gasteiger partial charge on any atom is 0.269 e. The molecule has 0 aliphatic heterocycles. The van der Waals surface area contributed by atoms with E-state index < -0.39 is 27.0 Å². The molecule has 2 aromatic carbocycles. The molecular weight excluding hydrogens is 426 g/mol. The molecular formula is C20H23N3O7S. The van der Waals surface area contributed by atoms with Crippen LogP contribution in [-0.4, -0.2) is 44.1 Å². The largest absolute Gasteiger partial charge is 0.396 e. The summed E-state index contributed by atoms with van der Waals surface area (Å²) in [6, 6.07) is 11.1. The van der Waals surface area contributed by atoms with Crippen LogP contribution in [0.1, 0.15) is 15.9 Å². The standard InChI is InChI=1S/C20H23N3O7S/c1-3-19(16(13-24)12-14-4-6-15(7-5-14)20(25)21-2)30-22-31(28,29)18-10-8-17(9-11-18)23(26)27/h3-11,16,19,22,24H,1,12-13H2,2H3,(H,21,25)/t16-,19-/m0/s1. The van der Waals surface area contributed by atoms with Crippen LogP contribution in [-0.2, 0) is 21.3 Å². The maximum absolute atomic E-state index is 12.4. The molecule has 2 rings (SSSR count). The van der Waals surface area contributed by atoms with Crippen LogP contribution in [0.4, 0.5) is 5.69 Å². The van der Waals surface area contributed by atoms with Crippen LogP contribution in [0.25, 0.3) is 0 Å². The zero-order valence-electron chi connectivity index (χ0n) is 16.7. The molecule has 0 aromatic heterocycles. The highest BCUT2D eigenvalue weighted by Gasteiger charge is 2.23. The predicted octanol–water partition coefficient (Wildman–Crippen LogP) is 1.57. The first-order chi connectivity index (χ1) is 14.7. The van der Waals surface area contributed by atoms with Gasteiger partial charge in [0, 0.05) is 37.3 Å². The molecule has 1 amide bonds. The van der Waals surface area contributed by atoms with Crippen LogP contribution >= 0.6 is 0 Å². The summed E-state index contributed by atoms with van der Waals surface area (Å²) in [6.07, 6.45) is 0.829. The fourth-order valence-electron chi connectivity index (χ4n) is 2.77. The second-order valence-electron chi connectivity index (χ2n) is 6.58. The molecule has 10 nitrogen and oxygen atoms in total. The normalized spacial score (nSPS) is 13.2. The van der Waals surface area contributed by atoms with Crippen molar-refractivity contribution in [1.29, 1.82) is 0 Å². The van der Waals surface area contributed by atoms with Gasteiger partial charge in [0.25, 0.3) is 21.6 Å². The van der Waals surface area contributed by atoms with Crippen LogP contribution in [0.15, 0.2) is 66.1 Å². The van der Waals surface area contributed by atoms with Crippen molar-refractivity contribution in [2.45, 2.75) is 17.4 Å². The number of nitrogens with one attached hydrogen (secondary N) is 2. The Morgan fingerprint density at radius 2 is 1.84 bits per heavy atom. The number of benzene rings is 2. The zero-order chi connectivity index (χ0) is 23.0. The third kappa shape index (κ3) is 6.43. The molecule has 3 N–H and O–H groups in total. The van der Waals surface area contributed by atoms with E-state index in [1.807, 2.05) is 4.89 Å². The number of sulfonamides is 1. The summed E-state index contributed by atoms with van der Waals surface area (Å²) < 4.78 is 24.8. The Kier molecular flexibility index (Phi) is 8.39. The fraction of sp³-hybridized carbons (Fsp3) is 0.250. The van der Waals surface area contributed by atoms with Gasteiger partial charge in [-0.3, -0.25) is 19.7 Å². The van der Waals surface area contributed by atoms with Crippen molar-refractivity contribution in [1.82, 2.24) is 10.2 Å². The number of aliphatic hydroxyl groups is 1. The highest BCUT2D eigenvalue weighted by molar-refractivity contribution is 7.89. The molecule has 2 aromatic rings. The van der Waals surface area contributed by atoms with E-state index in [0.29, 0.717) is 12.0 Å². The van der Waals surface area contributed by atoms with Crippen molar-refractivity contribution < 1.29 is 28.1 Å². The molecule has 2 atom stereocenters. The van der Waals surface area contributed by atoms with E-state index in [0.717, 1.165) is 29.8 Å². The number of aliphatic hydroxyl groups excluding tert-OH is 1. The fourth-order valence-corrected chi connectivity index (χ4v) is 3.60. The minimum absolute atomic E-state index is 0.216. The molecule has 11 heteroatoms. The average Bonchev–Trinajstić information content (AvgIpc) is 2.78. The van der Waals surface area contributed by atoms with E-state index in [9.17, 15) is 28.4 Å². The Morgan fingerprint density at radius 1 is 1.23 bits per heavy atom. The van der Waals surface area contributed by atoms with Gasteiger partial charge in [0.2, 0.25) is 0 Å². The highest BCUT2D eigenvalue weighted by Crippen LogP contribution is 2.19. The molecule has 0 fully saturated rings. The lowest BCUT2D eigenvalue weighted by atomic mass is 9.94. The lowest BCUT2D eigenvalue weighted by Crippen LogP contribution is -2.35. The summed E-state index contributed by atoms with van der Waals surface area (Å²) in [5.41, 5.74) is 1.05. The number of nitro benzene ring substituents is 1. The second kappa shape index (κ2) is 10.8. The molecule has 0 aliphatic carbocycles. The Balaban J connectivity index is 2.06. The van der Waals surface area contributed by atoms with Gasteiger partial charge in [-0.05, 0) is 36.2 Å². The van der Waals surface area contributed by atoms with Crippen LogP contribution < -0.4 is 10.2 Å². The molecule has 0 aliphatic rings. The number of hydrogen-bond donors (Lipinski definition) is 3. The summed E-state index contributed by atoms with van der Waals surface area (Å²) in [7, 11) is -2.58. The zero-order valence-corrected chi connectivity index (χ0v) is 17.5. The van der Waals surface area contributed by atoms with Crippen molar-refractivity contribution in [2.24, 2.45) is 5.92 Å². The lowest BCUT2D eigenvalue weighted by molar-refractivity contribution is -0.384. The van der Waals surface area contributed by atoms with Gasteiger partial charge < -0.3 is 10.4 Å². The first kappa shape index (κ1) is 24.2. The van der Waals surface area contributed by atoms with Gasteiger partial charge in [-0.1, -0.05) is 23.1 Å². The van der Waals surface area contributed by atoms with E-state index in [2.05, 4.69) is 11.9 Å². The SMILES string of the molecule is C=C[C@H](ONS(=O)(=O)c1ccc([N+](=O)[O-])cc1)[C@H](CO)Cc1ccc(C(=O)NC)cc1. The first-order valence-electron chi connectivity index (χ1n) is 9.18. The van der Waals surface area contributed by atoms with Gasteiger partial charge in [-0.15, -0.1) is 6.58 Å². The van der Waals surface area contributed by atoms with E-state index in [1.165, 1.54) is 13.1 Å². The van der Waals surface area contributed by atoms with Gasteiger partial charge in [-0.25, -0.2) is 8.42 Å². The van der Waals surface area contributed by atoms with Crippen LogP contribution in [0.5, 0.6) is 0 Å². The summed E-state index contributed by atoms with van der Waals surface area (Å²) in [4.78, 5) is 28.7. The van der Waals surface area contributed by atoms with Crippen molar-refractivity contribution in [3.63, 3.8) is 0 Å². The van der Waals surface area contributed by atoms with Crippen molar-refractivity contribution >= 4 is 21.6 Å². The third-order valence-corrected chi connectivity index (χ3v) is 5.73. The average molecular weight is 449 g/mol. The summed E-state index contributed by atoms with van der Waals surface area (Å²) in [5.74, 6) is -0.749. The number of amides is 1. The number of rotatable bonds is 11. The Morgan fingerprint density at radius 3 is 2.32 bits per heavy atom. The number of hydrogen-bond acceptors (Lipinski definition) is 7. The van der Waals surface area contributed by atoms with E-state index >= 15 is 0 Å². The van der Waals surface area contributed by atoms with Gasteiger partial charge in [0.1, 0.15) is 6.10 Å². The van der Waals surface area contributed by atoms with E-state index in [1.54, 1.807) is 24.3 Å². The minimum atomic E-state index is -4.11. The lowest BCUT2D eigenvalue weighted by Gasteiger charge is -2.23. The van der Waals surface area contributed by atoms with E-state index in [-0.39, 0.29) is 23.1 Å². The quantitative estimate of drug-likeness (QED) is 0.268. The Labute approximate surface area is 179 Å². The summed E-state index contributed by atoms with van der Waals surface area (Å²) in [5, 5.41) is 23.0. The molecule has 31 heavy (non-hydrogen) atoms. The molecule has 0 heterocycles. The van der Waals surface area contributed by atoms with Gasteiger partial charge >= 0.3 is 0 Å². The third-order valence-electron chi connectivity index (χ3n) is 4.52. The monoisotopic (exact) mass is 449 g/mol. The molecule has 0 radical (unpaired) electrons. The van der Waals surface area contributed by atoms with Crippen molar-refractivity contribution in [2.75, 3.05) is 13.7 Å². The Hall–Kier alpha value is -3.12. The maximum atomic E-state index is 12.4. The topological polar surface area (TPSA) is 148 Å². The van der Waals surface area contributed by atoms with Crippen LogP contribution in [0.2, 0.25) is 0 Å². The predicted molar refractivity (Wildman–Crippen MR) is 113 cm³/mol. The smallest absolute Gasteiger partial charge is 0.269 e. The van der Waals surface area contributed by atoms with Crippen molar-refractivity contribution in [3.8, 4) is 0 Å². The number of nitrogens with zero attached hydrogens (tertiary/aromatic N) is 1.